The third kappa shape index (κ3) is 3.33. The highest BCUT2D eigenvalue weighted by Gasteiger charge is 2.21. The van der Waals surface area contributed by atoms with Gasteiger partial charge in [0.2, 0.25) is 0 Å². The van der Waals surface area contributed by atoms with Crippen molar-refractivity contribution in [1.82, 2.24) is 9.13 Å². The molecule has 2 aromatic heterocycles. The van der Waals surface area contributed by atoms with Crippen LogP contribution in [-0.4, -0.2) is 9.13 Å². The van der Waals surface area contributed by atoms with Gasteiger partial charge in [0.05, 0.1) is 56.7 Å². The first-order valence-electron chi connectivity index (χ1n) is 13.8. The average molecular weight is 535 g/mol. The second-order valence-corrected chi connectivity index (χ2v) is 10.4. The zero-order chi connectivity index (χ0) is 28.2. The second kappa shape index (κ2) is 9.24. The maximum absolute atomic E-state index is 9.97. The lowest BCUT2D eigenvalue weighted by Crippen LogP contribution is -2.02. The molecule has 194 valence electrons. The smallest absolute Gasteiger partial charge is 0.0998 e. The molecule has 0 saturated heterocycles. The minimum absolute atomic E-state index is 0.640. The molecule has 0 spiro atoms. The van der Waals surface area contributed by atoms with Gasteiger partial charge in [0.25, 0.3) is 0 Å². The van der Waals surface area contributed by atoms with Gasteiger partial charge in [0.15, 0.2) is 0 Å². The molecule has 8 aromatic rings. The maximum atomic E-state index is 9.97. The van der Waals surface area contributed by atoms with E-state index in [1.807, 2.05) is 48.5 Å². The van der Waals surface area contributed by atoms with E-state index in [1.165, 1.54) is 0 Å². The summed E-state index contributed by atoms with van der Waals surface area (Å²) in [6, 6.07) is 50.1. The molecule has 8 rings (SSSR count). The van der Waals surface area contributed by atoms with E-state index in [4.69, 9.17) is 0 Å². The molecule has 0 N–H and O–H groups in total. The minimum atomic E-state index is 0.640. The molecule has 0 saturated carbocycles. The molecule has 0 aliphatic rings. The zero-order valence-corrected chi connectivity index (χ0v) is 22.5. The molecule has 0 radical (unpaired) electrons. The summed E-state index contributed by atoms with van der Waals surface area (Å²) < 4.78 is 4.66. The predicted molar refractivity (Wildman–Crippen MR) is 170 cm³/mol. The number of rotatable bonds is 3. The summed E-state index contributed by atoms with van der Waals surface area (Å²) in [6.45, 7) is 0. The fourth-order valence-corrected chi connectivity index (χ4v) is 6.45. The van der Waals surface area contributed by atoms with E-state index >= 15 is 0 Å². The lowest BCUT2D eigenvalue weighted by Gasteiger charge is -2.17. The summed E-state index contributed by atoms with van der Waals surface area (Å²) >= 11 is 0. The molecule has 4 nitrogen and oxygen atoms in total. The summed E-state index contributed by atoms with van der Waals surface area (Å²) in [6.07, 6.45) is 0. The van der Waals surface area contributed by atoms with Crippen LogP contribution in [-0.2, 0) is 0 Å². The standard InChI is InChI=1S/C38H22N4/c39-23-25-20-21-36-32(22-25)30-14-5-6-16-33(30)41(36)37-19-9-15-31-29-13-4-8-18-35(29)42(38(31)37)34-17-7-3-12-28(34)27-11-2-1-10-26(27)24-40/h1-22H. The van der Waals surface area contributed by atoms with Crippen LogP contribution in [0.15, 0.2) is 133 Å². The Morgan fingerprint density at radius 3 is 1.81 bits per heavy atom. The molecule has 0 bridgehead atoms. The van der Waals surface area contributed by atoms with Gasteiger partial charge in [-0.3, -0.25) is 0 Å². The van der Waals surface area contributed by atoms with Crippen molar-refractivity contribution in [1.29, 1.82) is 10.5 Å². The zero-order valence-electron chi connectivity index (χ0n) is 22.5. The first-order valence-corrected chi connectivity index (χ1v) is 13.8. The molecule has 0 fully saturated rings. The van der Waals surface area contributed by atoms with Crippen LogP contribution in [0, 0.1) is 22.7 Å². The third-order valence-corrected chi connectivity index (χ3v) is 8.20. The van der Waals surface area contributed by atoms with Gasteiger partial charge in [-0.05, 0) is 48.5 Å². The Morgan fingerprint density at radius 2 is 1.02 bits per heavy atom. The average Bonchev–Trinajstić information content (AvgIpc) is 3.57. The van der Waals surface area contributed by atoms with E-state index < -0.39 is 0 Å². The highest BCUT2D eigenvalue weighted by atomic mass is 15.1. The second-order valence-electron chi connectivity index (χ2n) is 10.4. The fourth-order valence-electron chi connectivity index (χ4n) is 6.45. The van der Waals surface area contributed by atoms with Crippen LogP contribution in [0.5, 0.6) is 0 Å². The predicted octanol–water partition coefficient (Wildman–Crippen LogP) is 9.29. The number of fused-ring (bicyclic) bond motifs is 6. The molecular weight excluding hydrogens is 512 g/mol. The molecule has 0 aliphatic heterocycles. The number of hydrogen-bond donors (Lipinski definition) is 0. The Hall–Kier alpha value is -6.10. The summed E-state index contributed by atoms with van der Waals surface area (Å²) in [5, 5.41) is 24.1. The molecule has 6 aromatic carbocycles. The van der Waals surface area contributed by atoms with Crippen molar-refractivity contribution in [3.05, 3.63) is 145 Å². The SMILES string of the molecule is N#Cc1ccc2c(c1)c1ccccc1n2-c1cccc2c3ccccc3n(-c3ccccc3-c3ccccc3C#N)c12. The molecule has 0 atom stereocenters. The van der Waals surface area contributed by atoms with Crippen molar-refractivity contribution in [3.63, 3.8) is 0 Å². The maximum Gasteiger partial charge on any atom is 0.0998 e. The molecule has 0 amide bonds. The van der Waals surface area contributed by atoms with Crippen LogP contribution in [0.4, 0.5) is 0 Å². The number of para-hydroxylation sites is 4. The molecule has 0 aliphatic carbocycles. The lowest BCUT2D eigenvalue weighted by molar-refractivity contribution is 1.13. The van der Waals surface area contributed by atoms with Gasteiger partial charge in [-0.1, -0.05) is 84.9 Å². The highest BCUT2D eigenvalue weighted by molar-refractivity contribution is 6.15. The fraction of sp³-hybridized carbons (Fsp3) is 0. The van der Waals surface area contributed by atoms with Gasteiger partial charge in [0, 0.05) is 32.7 Å². The van der Waals surface area contributed by atoms with Crippen LogP contribution in [0.2, 0.25) is 0 Å². The molecule has 4 heteroatoms. The Balaban J connectivity index is 1.56. The van der Waals surface area contributed by atoms with Crippen LogP contribution in [0.3, 0.4) is 0 Å². The van der Waals surface area contributed by atoms with E-state index in [9.17, 15) is 10.5 Å². The first kappa shape index (κ1) is 23.8. The highest BCUT2D eigenvalue weighted by Crippen LogP contribution is 2.41. The summed E-state index contributed by atoms with van der Waals surface area (Å²) in [5.74, 6) is 0. The largest absolute Gasteiger partial charge is 0.307 e. The topological polar surface area (TPSA) is 57.4 Å². The van der Waals surface area contributed by atoms with E-state index in [1.54, 1.807) is 0 Å². The summed E-state index contributed by atoms with van der Waals surface area (Å²) in [4.78, 5) is 0. The van der Waals surface area contributed by atoms with Crippen molar-refractivity contribution in [2.45, 2.75) is 0 Å². The van der Waals surface area contributed by atoms with Gasteiger partial charge in [-0.15, -0.1) is 0 Å². The number of nitriles is 2. The van der Waals surface area contributed by atoms with Gasteiger partial charge < -0.3 is 9.13 Å². The molecule has 42 heavy (non-hydrogen) atoms. The van der Waals surface area contributed by atoms with E-state index in [-0.39, 0.29) is 0 Å². The lowest BCUT2D eigenvalue weighted by atomic mass is 9.98. The number of aromatic nitrogens is 2. The normalized spacial score (nSPS) is 11.3. The van der Waals surface area contributed by atoms with E-state index in [0.29, 0.717) is 11.1 Å². The van der Waals surface area contributed by atoms with Crippen molar-refractivity contribution >= 4 is 43.6 Å². The quantitative estimate of drug-likeness (QED) is 0.227. The van der Waals surface area contributed by atoms with Crippen LogP contribution >= 0.6 is 0 Å². The molecular formula is C38H22N4. The summed E-state index contributed by atoms with van der Waals surface area (Å²) in [5.41, 5.74) is 9.52. The number of benzene rings is 6. The van der Waals surface area contributed by atoms with Gasteiger partial charge >= 0.3 is 0 Å². The van der Waals surface area contributed by atoms with Gasteiger partial charge in [0.1, 0.15) is 0 Å². The third-order valence-electron chi connectivity index (χ3n) is 8.20. The Labute approximate surface area is 242 Å². The minimum Gasteiger partial charge on any atom is -0.307 e. The Kier molecular flexibility index (Phi) is 5.22. The Morgan fingerprint density at radius 1 is 0.429 bits per heavy atom. The van der Waals surface area contributed by atoms with Crippen molar-refractivity contribution in [3.8, 4) is 34.6 Å². The monoisotopic (exact) mass is 534 g/mol. The van der Waals surface area contributed by atoms with Crippen LogP contribution in [0.1, 0.15) is 11.1 Å². The Bertz CT molecular complexity index is 2440. The van der Waals surface area contributed by atoms with E-state index in [2.05, 4.69) is 106 Å². The first-order chi connectivity index (χ1) is 20.8. The van der Waals surface area contributed by atoms with Gasteiger partial charge in [-0.25, -0.2) is 0 Å². The van der Waals surface area contributed by atoms with Crippen molar-refractivity contribution < 1.29 is 0 Å². The number of nitrogens with zero attached hydrogens (tertiary/aromatic N) is 4. The van der Waals surface area contributed by atoms with Crippen LogP contribution < -0.4 is 0 Å². The molecule has 2 heterocycles. The summed E-state index contributed by atoms with van der Waals surface area (Å²) in [7, 11) is 0. The van der Waals surface area contributed by atoms with Crippen molar-refractivity contribution in [2.24, 2.45) is 0 Å². The van der Waals surface area contributed by atoms with E-state index in [0.717, 1.165) is 66.1 Å². The van der Waals surface area contributed by atoms with Gasteiger partial charge in [-0.2, -0.15) is 10.5 Å². The molecule has 0 unspecified atom stereocenters. The number of hydrogen-bond acceptors (Lipinski definition) is 2. The van der Waals surface area contributed by atoms with Crippen molar-refractivity contribution in [2.75, 3.05) is 0 Å². The van der Waals surface area contributed by atoms with Crippen LogP contribution in [0.25, 0.3) is 66.1 Å².